The Morgan fingerprint density at radius 3 is 1.56 bits per heavy atom. The first-order valence-corrected chi connectivity index (χ1v) is 21.3. The number of allylic oxidation sites excluding steroid dienone is 4. The quantitative estimate of drug-likeness (QED) is 0.145. The monoisotopic (exact) mass is 777 g/mol. The van der Waals surface area contributed by atoms with E-state index in [1.54, 1.807) is 0 Å². The van der Waals surface area contributed by atoms with Crippen molar-refractivity contribution in [2.45, 2.75) is 12.3 Å². The van der Waals surface area contributed by atoms with Crippen LogP contribution in [-0.4, -0.2) is 4.57 Å². The van der Waals surface area contributed by atoms with Crippen molar-refractivity contribution in [2.24, 2.45) is 0 Å². The summed E-state index contributed by atoms with van der Waals surface area (Å²) in [6.07, 6.45) is 10.3. The molecule has 0 radical (unpaired) electrons. The second kappa shape index (κ2) is 15.8. The second-order valence-corrected chi connectivity index (χ2v) is 16.1. The smallest absolute Gasteiger partial charge is 0.0535 e. The first kappa shape index (κ1) is 36.3. The zero-order valence-electron chi connectivity index (χ0n) is 33.8. The molecule has 1 aliphatic rings. The van der Waals surface area contributed by atoms with Crippen molar-refractivity contribution in [3.05, 3.63) is 254 Å². The minimum atomic E-state index is 0.361. The summed E-state index contributed by atoms with van der Waals surface area (Å²) in [6, 6.07) is 79.6. The lowest BCUT2D eigenvalue weighted by molar-refractivity contribution is 0.857. The van der Waals surface area contributed by atoms with Gasteiger partial charge in [0.2, 0.25) is 0 Å². The summed E-state index contributed by atoms with van der Waals surface area (Å²) < 4.78 is 2.36. The van der Waals surface area contributed by atoms with Crippen LogP contribution in [0.5, 0.6) is 0 Å². The fourth-order valence-electron chi connectivity index (χ4n) is 9.09. The summed E-state index contributed by atoms with van der Waals surface area (Å²) in [6.45, 7) is 0. The number of nitrogens with zero attached hydrogens (tertiary/aromatic N) is 1. The van der Waals surface area contributed by atoms with Crippen LogP contribution < -0.4 is 0 Å². The number of fused-ring (bicyclic) bond motifs is 2. The highest BCUT2D eigenvalue weighted by molar-refractivity contribution is 6.00. The Hall–Kier alpha value is -7.74. The molecule has 0 saturated carbocycles. The standard InChI is InChI=1S/C60H43N/c1-3-10-42(11-4-1)44-18-22-46(23-19-44)48-26-28-50(29-27-48)54-36-39-60-58(40-54)59(53-32-30-49(31-33-53)47-24-20-45(21-25-47)43-12-5-2-6-13-43)41-61(60)55-37-34-52(35-38-55)57-17-9-15-51-14-7-8-16-56(51)57/h1-24,26-41,47H,25H2. The Labute approximate surface area is 357 Å². The van der Waals surface area contributed by atoms with E-state index >= 15 is 0 Å². The summed E-state index contributed by atoms with van der Waals surface area (Å²) in [5.74, 6) is 0.361. The van der Waals surface area contributed by atoms with Crippen molar-refractivity contribution < 1.29 is 0 Å². The van der Waals surface area contributed by atoms with E-state index in [1.165, 1.54) is 94.0 Å². The molecule has 1 atom stereocenters. The van der Waals surface area contributed by atoms with Crippen LogP contribution in [0.1, 0.15) is 23.5 Å². The third-order valence-corrected chi connectivity index (χ3v) is 12.5. The molecule has 0 N–H and O–H groups in total. The van der Waals surface area contributed by atoms with Crippen LogP contribution in [0.3, 0.4) is 0 Å². The highest BCUT2D eigenvalue weighted by Crippen LogP contribution is 2.39. The zero-order chi connectivity index (χ0) is 40.5. The number of aromatic nitrogens is 1. The van der Waals surface area contributed by atoms with E-state index in [-0.39, 0.29) is 0 Å². The summed E-state index contributed by atoms with van der Waals surface area (Å²) in [7, 11) is 0. The normalized spacial score (nSPS) is 13.7. The molecule has 1 nitrogen and oxygen atoms in total. The van der Waals surface area contributed by atoms with E-state index < -0.39 is 0 Å². The second-order valence-electron chi connectivity index (χ2n) is 16.1. The summed E-state index contributed by atoms with van der Waals surface area (Å²) >= 11 is 0. The minimum Gasteiger partial charge on any atom is -0.316 e. The SMILES string of the molecule is C1=CC(c2ccc(-c3cn(-c4ccc(-c5cccc6ccccc56)cc4)c4ccc(-c5ccc(-c6ccc(-c7ccccc7)cc6)cc5)cc34)cc2)CC=C1c1ccccc1. The third-order valence-electron chi connectivity index (χ3n) is 12.5. The molecule has 0 amide bonds. The molecule has 1 heteroatoms. The van der Waals surface area contributed by atoms with Gasteiger partial charge in [-0.2, -0.15) is 0 Å². The van der Waals surface area contributed by atoms with Crippen LogP contribution in [-0.2, 0) is 0 Å². The zero-order valence-corrected chi connectivity index (χ0v) is 33.8. The largest absolute Gasteiger partial charge is 0.316 e. The number of benzene rings is 9. The Balaban J connectivity index is 0.932. The molecule has 288 valence electrons. The predicted octanol–water partition coefficient (Wildman–Crippen LogP) is 16.2. The van der Waals surface area contributed by atoms with Crippen LogP contribution in [0.25, 0.3) is 88.6 Å². The van der Waals surface area contributed by atoms with Crippen molar-refractivity contribution in [1.82, 2.24) is 4.57 Å². The first-order chi connectivity index (χ1) is 30.2. The van der Waals surface area contributed by atoms with E-state index in [0.29, 0.717) is 5.92 Å². The maximum absolute atomic E-state index is 2.38. The number of rotatable bonds is 8. The number of hydrogen-bond acceptors (Lipinski definition) is 0. The van der Waals surface area contributed by atoms with Gasteiger partial charge in [0.15, 0.2) is 0 Å². The van der Waals surface area contributed by atoms with Gasteiger partial charge in [-0.1, -0.05) is 212 Å². The average molecular weight is 778 g/mol. The fraction of sp³-hybridized carbons (Fsp3) is 0.0333. The van der Waals surface area contributed by atoms with E-state index in [0.717, 1.165) is 12.1 Å². The Kier molecular flexibility index (Phi) is 9.41. The van der Waals surface area contributed by atoms with Crippen LogP contribution in [0.2, 0.25) is 0 Å². The summed E-state index contributed by atoms with van der Waals surface area (Å²) in [5, 5.41) is 3.76. The third kappa shape index (κ3) is 7.11. The van der Waals surface area contributed by atoms with Gasteiger partial charge in [0, 0.05) is 28.8 Å². The van der Waals surface area contributed by atoms with Gasteiger partial charge in [-0.3, -0.25) is 0 Å². The van der Waals surface area contributed by atoms with Gasteiger partial charge in [-0.15, -0.1) is 0 Å². The van der Waals surface area contributed by atoms with Crippen molar-refractivity contribution in [3.8, 4) is 61.3 Å². The highest BCUT2D eigenvalue weighted by atomic mass is 15.0. The fourth-order valence-corrected chi connectivity index (χ4v) is 9.09. The molecule has 0 saturated heterocycles. The number of hydrogen-bond donors (Lipinski definition) is 0. The van der Waals surface area contributed by atoms with Crippen molar-refractivity contribution in [3.63, 3.8) is 0 Å². The molecule has 11 rings (SSSR count). The van der Waals surface area contributed by atoms with Gasteiger partial charge < -0.3 is 4.57 Å². The summed E-state index contributed by atoms with van der Waals surface area (Å²) in [4.78, 5) is 0. The lowest BCUT2D eigenvalue weighted by Crippen LogP contribution is -1.98. The van der Waals surface area contributed by atoms with E-state index in [1.807, 2.05) is 0 Å². The molecule has 61 heavy (non-hydrogen) atoms. The molecule has 0 fully saturated rings. The molecule has 10 aromatic rings. The Bertz CT molecular complexity index is 3200. The molecule has 0 spiro atoms. The molecule has 0 bridgehead atoms. The molecule has 1 aromatic heterocycles. The lowest BCUT2D eigenvalue weighted by Gasteiger charge is -2.17. The maximum atomic E-state index is 2.38. The molecule has 0 aliphatic heterocycles. The van der Waals surface area contributed by atoms with Gasteiger partial charge in [0.25, 0.3) is 0 Å². The van der Waals surface area contributed by atoms with Gasteiger partial charge in [-0.05, 0) is 108 Å². The average Bonchev–Trinajstić information content (AvgIpc) is 3.74. The van der Waals surface area contributed by atoms with Crippen LogP contribution in [0.4, 0.5) is 0 Å². The van der Waals surface area contributed by atoms with Gasteiger partial charge in [-0.25, -0.2) is 0 Å². The molecule has 9 aromatic carbocycles. The topological polar surface area (TPSA) is 4.93 Å². The van der Waals surface area contributed by atoms with E-state index in [4.69, 9.17) is 0 Å². The van der Waals surface area contributed by atoms with E-state index in [9.17, 15) is 0 Å². The molecule has 1 heterocycles. The van der Waals surface area contributed by atoms with Crippen molar-refractivity contribution in [2.75, 3.05) is 0 Å². The molecule has 1 aliphatic carbocycles. The predicted molar refractivity (Wildman–Crippen MR) is 259 cm³/mol. The first-order valence-electron chi connectivity index (χ1n) is 21.3. The van der Waals surface area contributed by atoms with Crippen molar-refractivity contribution in [1.29, 1.82) is 0 Å². The molecular formula is C60H43N. The molecular weight excluding hydrogens is 735 g/mol. The highest BCUT2D eigenvalue weighted by Gasteiger charge is 2.17. The Morgan fingerprint density at radius 2 is 0.902 bits per heavy atom. The lowest BCUT2D eigenvalue weighted by atomic mass is 9.87. The Morgan fingerprint density at radius 1 is 0.377 bits per heavy atom. The summed E-state index contributed by atoms with van der Waals surface area (Å²) in [5.41, 5.74) is 18.4. The molecule has 1 unspecified atom stereocenters. The van der Waals surface area contributed by atoms with Crippen LogP contribution >= 0.6 is 0 Å². The minimum absolute atomic E-state index is 0.361. The maximum Gasteiger partial charge on any atom is 0.0535 e. The van der Waals surface area contributed by atoms with Crippen LogP contribution in [0, 0.1) is 0 Å². The van der Waals surface area contributed by atoms with Crippen LogP contribution in [0.15, 0.2) is 243 Å². The van der Waals surface area contributed by atoms with Gasteiger partial charge in [0.1, 0.15) is 0 Å². The van der Waals surface area contributed by atoms with E-state index in [2.05, 4.69) is 247 Å². The van der Waals surface area contributed by atoms with Gasteiger partial charge >= 0.3 is 0 Å². The van der Waals surface area contributed by atoms with Gasteiger partial charge in [0.05, 0.1) is 5.52 Å². The van der Waals surface area contributed by atoms with Crippen molar-refractivity contribution >= 4 is 27.2 Å².